The maximum atomic E-state index is 3.78. The fourth-order valence-corrected chi connectivity index (χ4v) is 4.94. The molecular weight excluding hydrogens is 186 g/mol. The molecule has 0 amide bonds. The van der Waals surface area contributed by atoms with Crippen LogP contribution in [0.3, 0.4) is 0 Å². The third-order valence-corrected chi connectivity index (χ3v) is 5.87. The van der Waals surface area contributed by atoms with Gasteiger partial charge in [-0.3, -0.25) is 0 Å². The van der Waals surface area contributed by atoms with E-state index in [0.717, 1.165) is 5.67 Å². The lowest BCUT2D eigenvalue weighted by Gasteiger charge is -2.33. The van der Waals surface area contributed by atoms with Crippen LogP contribution in [0, 0.1) is 0 Å². The number of likely N-dealkylation sites (tertiary alicyclic amines) is 1. The summed E-state index contributed by atoms with van der Waals surface area (Å²) in [4.78, 5) is 2.73. The van der Waals surface area contributed by atoms with Gasteiger partial charge in [0.25, 0.3) is 0 Å². The summed E-state index contributed by atoms with van der Waals surface area (Å²) in [6, 6.07) is 0. The van der Waals surface area contributed by atoms with Crippen molar-refractivity contribution in [3.8, 4) is 0 Å². The Kier molecular flexibility index (Phi) is 4.39. The summed E-state index contributed by atoms with van der Waals surface area (Å²) in [5, 5.41) is 0. The highest BCUT2D eigenvalue weighted by molar-refractivity contribution is 6.77. The zero-order valence-electron chi connectivity index (χ0n) is 10.1. The second-order valence-electron chi connectivity index (χ2n) is 5.49. The second-order valence-corrected chi connectivity index (χ2v) is 10.9. The minimum absolute atomic E-state index is 0.937. The van der Waals surface area contributed by atoms with E-state index in [9.17, 15) is 0 Å². The summed E-state index contributed by atoms with van der Waals surface area (Å²) >= 11 is 0. The van der Waals surface area contributed by atoms with Gasteiger partial charge in [-0.25, -0.2) is 0 Å². The lowest BCUT2D eigenvalue weighted by atomic mass is 10.3. The quantitative estimate of drug-likeness (QED) is 0.383. The Morgan fingerprint density at radius 2 is 2.14 bits per heavy atom. The van der Waals surface area contributed by atoms with E-state index in [0.29, 0.717) is 0 Å². The van der Waals surface area contributed by atoms with Crippen LogP contribution in [-0.4, -0.2) is 31.7 Å². The minimum Gasteiger partial charge on any atom is -0.303 e. The van der Waals surface area contributed by atoms with Crippen molar-refractivity contribution in [2.24, 2.45) is 0 Å². The molecule has 1 atom stereocenters. The molecule has 1 aliphatic rings. The molecule has 1 nitrogen and oxygen atoms in total. The van der Waals surface area contributed by atoms with Crippen molar-refractivity contribution >= 4 is 8.07 Å². The molecule has 0 N–H and O–H groups in total. The maximum Gasteiger partial charge on any atom is 0.0638 e. The molecule has 0 bridgehead atoms. The third kappa shape index (κ3) is 3.25. The standard InChI is InChI=1S/C12H25NSi/c1-5-6-7-10-13-11-8-9-12(13)14(2,3)4/h5,12H,1,6-11H2,2-4H3. The van der Waals surface area contributed by atoms with E-state index >= 15 is 0 Å². The summed E-state index contributed by atoms with van der Waals surface area (Å²) < 4.78 is 0. The molecule has 0 saturated carbocycles. The molecule has 0 aromatic rings. The Bertz CT molecular complexity index is 183. The molecule has 0 spiro atoms. The zero-order valence-corrected chi connectivity index (χ0v) is 11.1. The molecule has 2 heteroatoms. The molecule has 0 aromatic carbocycles. The number of unbranched alkanes of at least 4 members (excludes halogenated alkanes) is 1. The molecule has 1 rings (SSSR count). The first-order valence-electron chi connectivity index (χ1n) is 5.90. The number of hydrogen-bond acceptors (Lipinski definition) is 1. The van der Waals surface area contributed by atoms with E-state index in [4.69, 9.17) is 0 Å². The SMILES string of the molecule is C=CCCCN1CCCC1[Si](C)(C)C. The molecule has 0 aliphatic carbocycles. The van der Waals surface area contributed by atoms with Gasteiger partial charge >= 0.3 is 0 Å². The number of hydrogen-bond donors (Lipinski definition) is 0. The number of allylic oxidation sites excluding steroid dienone is 1. The molecule has 0 aromatic heterocycles. The van der Waals surface area contributed by atoms with Gasteiger partial charge in [0.1, 0.15) is 0 Å². The Hall–Kier alpha value is -0.0831. The molecular formula is C12H25NSi. The Morgan fingerprint density at radius 1 is 1.43 bits per heavy atom. The van der Waals surface area contributed by atoms with Crippen molar-refractivity contribution in [3.63, 3.8) is 0 Å². The van der Waals surface area contributed by atoms with Gasteiger partial charge in [0.05, 0.1) is 8.07 Å². The molecule has 1 saturated heterocycles. The van der Waals surface area contributed by atoms with Crippen molar-refractivity contribution in [3.05, 3.63) is 12.7 Å². The van der Waals surface area contributed by atoms with Crippen molar-refractivity contribution < 1.29 is 0 Å². The molecule has 82 valence electrons. The smallest absolute Gasteiger partial charge is 0.0638 e. The first-order chi connectivity index (χ1) is 6.55. The topological polar surface area (TPSA) is 3.24 Å². The largest absolute Gasteiger partial charge is 0.303 e. The average molecular weight is 211 g/mol. The van der Waals surface area contributed by atoms with Crippen LogP contribution in [0.25, 0.3) is 0 Å². The van der Waals surface area contributed by atoms with Crippen LogP contribution in [0.2, 0.25) is 19.6 Å². The van der Waals surface area contributed by atoms with Gasteiger partial charge in [0, 0.05) is 5.67 Å². The van der Waals surface area contributed by atoms with E-state index in [-0.39, 0.29) is 0 Å². The summed E-state index contributed by atoms with van der Waals surface area (Å²) in [5.74, 6) is 0. The molecule has 14 heavy (non-hydrogen) atoms. The van der Waals surface area contributed by atoms with Gasteiger partial charge in [-0.2, -0.15) is 0 Å². The molecule has 1 fully saturated rings. The van der Waals surface area contributed by atoms with Gasteiger partial charge in [-0.1, -0.05) is 25.7 Å². The fourth-order valence-electron chi connectivity index (χ4n) is 2.51. The van der Waals surface area contributed by atoms with Crippen molar-refractivity contribution in [2.75, 3.05) is 13.1 Å². The highest BCUT2D eigenvalue weighted by Gasteiger charge is 2.34. The molecule has 1 heterocycles. The van der Waals surface area contributed by atoms with Gasteiger partial charge in [0.2, 0.25) is 0 Å². The Labute approximate surface area is 90.2 Å². The van der Waals surface area contributed by atoms with Gasteiger partial charge in [0.15, 0.2) is 0 Å². The second kappa shape index (κ2) is 5.13. The monoisotopic (exact) mass is 211 g/mol. The summed E-state index contributed by atoms with van der Waals surface area (Å²) in [6.07, 6.45) is 7.38. The highest BCUT2D eigenvalue weighted by atomic mass is 28.3. The molecule has 1 unspecified atom stereocenters. The summed E-state index contributed by atoms with van der Waals surface area (Å²) in [7, 11) is -0.947. The van der Waals surface area contributed by atoms with Gasteiger partial charge < -0.3 is 4.90 Å². The maximum absolute atomic E-state index is 3.78. The van der Waals surface area contributed by atoms with Crippen LogP contribution in [-0.2, 0) is 0 Å². The van der Waals surface area contributed by atoms with Crippen LogP contribution in [0.15, 0.2) is 12.7 Å². The first kappa shape index (κ1) is 12.0. The van der Waals surface area contributed by atoms with E-state index in [1.165, 1.54) is 38.8 Å². The van der Waals surface area contributed by atoms with E-state index in [2.05, 4.69) is 31.1 Å². The number of nitrogens with zero attached hydrogens (tertiary/aromatic N) is 1. The van der Waals surface area contributed by atoms with E-state index in [1.807, 2.05) is 6.08 Å². The molecule has 0 radical (unpaired) electrons. The summed E-state index contributed by atoms with van der Waals surface area (Å²) in [5.41, 5.74) is 0.937. The summed E-state index contributed by atoms with van der Waals surface area (Å²) in [6.45, 7) is 13.9. The Balaban J connectivity index is 2.39. The van der Waals surface area contributed by atoms with Crippen LogP contribution in [0.5, 0.6) is 0 Å². The van der Waals surface area contributed by atoms with Crippen LogP contribution in [0.4, 0.5) is 0 Å². The normalized spacial score (nSPS) is 24.1. The van der Waals surface area contributed by atoms with E-state index in [1.54, 1.807) is 0 Å². The third-order valence-electron chi connectivity index (χ3n) is 3.22. The molecule has 1 aliphatic heterocycles. The van der Waals surface area contributed by atoms with Crippen LogP contribution in [0.1, 0.15) is 25.7 Å². The van der Waals surface area contributed by atoms with Crippen LogP contribution >= 0.6 is 0 Å². The van der Waals surface area contributed by atoms with Crippen molar-refractivity contribution in [1.82, 2.24) is 4.90 Å². The fraction of sp³-hybridized carbons (Fsp3) is 0.833. The predicted octanol–water partition coefficient (Wildman–Crippen LogP) is 3.29. The van der Waals surface area contributed by atoms with Crippen molar-refractivity contribution in [1.29, 1.82) is 0 Å². The van der Waals surface area contributed by atoms with Crippen LogP contribution < -0.4 is 0 Å². The van der Waals surface area contributed by atoms with E-state index < -0.39 is 8.07 Å². The lowest BCUT2D eigenvalue weighted by molar-refractivity contribution is 0.301. The number of rotatable bonds is 5. The predicted molar refractivity (Wildman–Crippen MR) is 67.4 cm³/mol. The minimum atomic E-state index is -0.947. The zero-order chi connectivity index (χ0) is 10.6. The van der Waals surface area contributed by atoms with Crippen molar-refractivity contribution in [2.45, 2.75) is 51.0 Å². The van der Waals surface area contributed by atoms with Gasteiger partial charge in [-0.05, 0) is 38.8 Å². The lowest BCUT2D eigenvalue weighted by Crippen LogP contribution is -2.47. The Morgan fingerprint density at radius 3 is 2.71 bits per heavy atom. The highest BCUT2D eigenvalue weighted by Crippen LogP contribution is 2.25. The van der Waals surface area contributed by atoms with Gasteiger partial charge in [-0.15, -0.1) is 6.58 Å². The average Bonchev–Trinajstić information content (AvgIpc) is 2.52. The first-order valence-corrected chi connectivity index (χ1v) is 9.48.